The average Bonchev–Trinajstić information content (AvgIpc) is 2.38. The lowest BCUT2D eigenvalue weighted by molar-refractivity contribution is -0.143. The smallest absolute Gasteiger partial charge is 0.306 e. The van der Waals surface area contributed by atoms with Gasteiger partial charge >= 0.3 is 5.97 Å². The van der Waals surface area contributed by atoms with Gasteiger partial charge in [-0.05, 0) is 18.6 Å². The van der Waals surface area contributed by atoms with Gasteiger partial charge in [0.25, 0.3) is 0 Å². The molecule has 5 heteroatoms. The van der Waals surface area contributed by atoms with E-state index < -0.39 is 0 Å². The number of unbranched alkanes of at least 4 members (excludes halogenated alkanes) is 1. The quantitative estimate of drug-likeness (QED) is 0.569. The Kier molecular flexibility index (Phi) is 6.14. The molecule has 1 aromatic heterocycles. The molecule has 0 bridgehead atoms. The third kappa shape index (κ3) is 4.71. The molecule has 0 spiro atoms. The van der Waals surface area contributed by atoms with Crippen LogP contribution in [0, 0.1) is 0 Å². The molecule has 1 aromatic rings. The van der Waals surface area contributed by atoms with E-state index in [2.05, 4.69) is 4.98 Å². The van der Waals surface area contributed by atoms with Gasteiger partial charge in [0.2, 0.25) is 0 Å². The molecule has 0 saturated heterocycles. The fourth-order valence-electron chi connectivity index (χ4n) is 1.43. The first-order chi connectivity index (χ1) is 8.67. The third-order valence-electron chi connectivity index (χ3n) is 2.50. The van der Waals surface area contributed by atoms with Crippen LogP contribution in [0.15, 0.2) is 12.1 Å². The van der Waals surface area contributed by atoms with E-state index in [1.165, 1.54) is 6.07 Å². The average molecular weight is 253 g/mol. The molecule has 0 aromatic carbocycles. The van der Waals surface area contributed by atoms with Gasteiger partial charge in [-0.25, -0.2) is 0 Å². The monoisotopic (exact) mass is 253 g/mol. The van der Waals surface area contributed by atoms with Gasteiger partial charge in [-0.3, -0.25) is 9.78 Å². The summed E-state index contributed by atoms with van der Waals surface area (Å²) in [5.41, 5.74) is 0.885. The number of aliphatic hydroxyl groups excluding tert-OH is 1. The Morgan fingerprint density at radius 3 is 2.89 bits per heavy atom. The molecule has 0 radical (unpaired) electrons. The van der Waals surface area contributed by atoms with Gasteiger partial charge in [0.15, 0.2) is 0 Å². The predicted molar refractivity (Wildman–Crippen MR) is 66.0 cm³/mol. The predicted octanol–water partition coefficient (Wildman–Crippen LogP) is 1.56. The molecule has 1 heterocycles. The van der Waals surface area contributed by atoms with Gasteiger partial charge in [-0.2, -0.15) is 0 Å². The zero-order valence-electron chi connectivity index (χ0n) is 10.6. The lowest BCUT2D eigenvalue weighted by atomic mass is 10.2. The first-order valence-corrected chi connectivity index (χ1v) is 6.11. The number of hydrogen-bond acceptors (Lipinski definition) is 5. The second-order valence-corrected chi connectivity index (χ2v) is 4.00. The van der Waals surface area contributed by atoms with Gasteiger partial charge in [0.1, 0.15) is 11.4 Å². The highest BCUT2D eigenvalue weighted by atomic mass is 16.5. The standard InChI is InChI=1S/C13H19NO4/c1-2-3-8-18-13(17)7-5-10-4-6-12(16)11(9-15)14-10/h4,6,15-16H,2-3,5,7-9H2,1H3. The van der Waals surface area contributed by atoms with E-state index in [0.29, 0.717) is 18.7 Å². The summed E-state index contributed by atoms with van der Waals surface area (Å²) in [4.78, 5) is 15.4. The molecule has 0 unspecified atom stereocenters. The van der Waals surface area contributed by atoms with Gasteiger partial charge in [-0.1, -0.05) is 13.3 Å². The summed E-state index contributed by atoms with van der Waals surface area (Å²) in [6, 6.07) is 3.10. The van der Waals surface area contributed by atoms with E-state index in [-0.39, 0.29) is 30.4 Å². The summed E-state index contributed by atoms with van der Waals surface area (Å²) in [6.07, 6.45) is 2.56. The topological polar surface area (TPSA) is 79.7 Å². The van der Waals surface area contributed by atoms with E-state index in [9.17, 15) is 9.90 Å². The fraction of sp³-hybridized carbons (Fsp3) is 0.538. The number of aliphatic hydroxyl groups is 1. The number of rotatable bonds is 7. The number of hydrogen-bond donors (Lipinski definition) is 2. The molecule has 100 valence electrons. The van der Waals surface area contributed by atoms with Crippen molar-refractivity contribution in [2.75, 3.05) is 6.61 Å². The minimum absolute atomic E-state index is 0.0354. The van der Waals surface area contributed by atoms with Crippen molar-refractivity contribution in [2.24, 2.45) is 0 Å². The van der Waals surface area contributed by atoms with Crippen LogP contribution < -0.4 is 0 Å². The van der Waals surface area contributed by atoms with Crippen LogP contribution in [0.2, 0.25) is 0 Å². The second-order valence-electron chi connectivity index (χ2n) is 4.00. The molecule has 0 aliphatic carbocycles. The second kappa shape index (κ2) is 7.66. The van der Waals surface area contributed by atoms with Crippen molar-refractivity contribution in [3.63, 3.8) is 0 Å². The highest BCUT2D eigenvalue weighted by molar-refractivity contribution is 5.69. The summed E-state index contributed by atoms with van der Waals surface area (Å²) in [6.45, 7) is 2.17. The normalized spacial score (nSPS) is 10.3. The van der Waals surface area contributed by atoms with Crippen LogP contribution in [0.5, 0.6) is 5.75 Å². The SMILES string of the molecule is CCCCOC(=O)CCc1ccc(O)c(CO)n1. The van der Waals surface area contributed by atoms with Crippen molar-refractivity contribution >= 4 is 5.97 Å². The Morgan fingerprint density at radius 1 is 1.44 bits per heavy atom. The molecule has 1 rings (SSSR count). The van der Waals surface area contributed by atoms with Crippen LogP contribution in [-0.2, 0) is 22.6 Å². The van der Waals surface area contributed by atoms with Crippen molar-refractivity contribution in [1.82, 2.24) is 4.98 Å². The number of pyridine rings is 1. The van der Waals surface area contributed by atoms with Crippen molar-refractivity contribution < 1.29 is 19.7 Å². The molecule has 2 N–H and O–H groups in total. The Bertz CT molecular complexity index is 393. The van der Waals surface area contributed by atoms with Crippen molar-refractivity contribution in [3.05, 3.63) is 23.5 Å². The largest absolute Gasteiger partial charge is 0.506 e. The number of aromatic nitrogens is 1. The summed E-state index contributed by atoms with van der Waals surface area (Å²) >= 11 is 0. The zero-order chi connectivity index (χ0) is 13.4. The first-order valence-electron chi connectivity index (χ1n) is 6.11. The molecule has 0 atom stereocenters. The van der Waals surface area contributed by atoms with Crippen LogP contribution in [0.25, 0.3) is 0 Å². The molecule has 0 aliphatic rings. The number of aryl methyl sites for hydroxylation is 1. The number of carbonyl (C=O) groups is 1. The summed E-state index contributed by atoms with van der Waals surface area (Å²) in [7, 11) is 0. The Labute approximate surface area is 106 Å². The van der Waals surface area contributed by atoms with E-state index in [4.69, 9.17) is 9.84 Å². The van der Waals surface area contributed by atoms with Gasteiger partial charge in [0.05, 0.1) is 19.6 Å². The maximum absolute atomic E-state index is 11.4. The summed E-state index contributed by atoms with van der Waals surface area (Å²) < 4.78 is 5.02. The molecule has 0 aliphatic heterocycles. The van der Waals surface area contributed by atoms with Crippen LogP contribution in [0.4, 0.5) is 0 Å². The number of nitrogens with zero attached hydrogens (tertiary/aromatic N) is 1. The molecule has 0 amide bonds. The maximum Gasteiger partial charge on any atom is 0.306 e. The van der Waals surface area contributed by atoms with Crippen LogP contribution >= 0.6 is 0 Å². The summed E-state index contributed by atoms with van der Waals surface area (Å²) in [5, 5.41) is 18.3. The first kappa shape index (κ1) is 14.4. The molecular weight excluding hydrogens is 234 g/mol. The Hall–Kier alpha value is -1.62. The fourth-order valence-corrected chi connectivity index (χ4v) is 1.43. The molecule has 18 heavy (non-hydrogen) atoms. The molecule has 0 saturated carbocycles. The van der Waals surface area contributed by atoms with E-state index in [0.717, 1.165) is 12.8 Å². The number of carbonyl (C=O) groups excluding carboxylic acids is 1. The van der Waals surface area contributed by atoms with Gasteiger partial charge < -0.3 is 14.9 Å². The Morgan fingerprint density at radius 2 is 2.22 bits per heavy atom. The van der Waals surface area contributed by atoms with Crippen molar-refractivity contribution in [3.8, 4) is 5.75 Å². The van der Waals surface area contributed by atoms with E-state index in [1.807, 2.05) is 6.92 Å². The number of esters is 1. The van der Waals surface area contributed by atoms with Gasteiger partial charge in [0, 0.05) is 12.1 Å². The molecule has 0 fully saturated rings. The maximum atomic E-state index is 11.4. The molecule has 5 nitrogen and oxygen atoms in total. The van der Waals surface area contributed by atoms with E-state index in [1.54, 1.807) is 6.07 Å². The van der Waals surface area contributed by atoms with Crippen molar-refractivity contribution in [1.29, 1.82) is 0 Å². The van der Waals surface area contributed by atoms with Gasteiger partial charge in [-0.15, -0.1) is 0 Å². The zero-order valence-corrected chi connectivity index (χ0v) is 10.6. The molecular formula is C13H19NO4. The lowest BCUT2D eigenvalue weighted by Gasteiger charge is -2.05. The minimum atomic E-state index is -0.319. The lowest BCUT2D eigenvalue weighted by Crippen LogP contribution is -2.08. The van der Waals surface area contributed by atoms with Crippen LogP contribution in [0.1, 0.15) is 37.6 Å². The number of aromatic hydroxyl groups is 1. The van der Waals surface area contributed by atoms with E-state index >= 15 is 0 Å². The third-order valence-corrected chi connectivity index (χ3v) is 2.50. The van der Waals surface area contributed by atoms with Crippen LogP contribution in [-0.4, -0.2) is 27.8 Å². The van der Waals surface area contributed by atoms with Crippen molar-refractivity contribution in [2.45, 2.75) is 39.2 Å². The minimum Gasteiger partial charge on any atom is -0.506 e. The Balaban J connectivity index is 2.41. The highest BCUT2D eigenvalue weighted by Gasteiger charge is 2.07. The number of ether oxygens (including phenoxy) is 1. The summed E-state index contributed by atoms with van der Waals surface area (Å²) in [5.74, 6) is -0.282. The highest BCUT2D eigenvalue weighted by Crippen LogP contribution is 2.15. The van der Waals surface area contributed by atoms with Crippen LogP contribution in [0.3, 0.4) is 0 Å².